The van der Waals surface area contributed by atoms with Crippen molar-refractivity contribution in [1.82, 2.24) is 0 Å². The van der Waals surface area contributed by atoms with E-state index in [1.165, 1.54) is 116 Å². The van der Waals surface area contributed by atoms with Gasteiger partial charge in [-0.25, -0.2) is 0 Å². The first-order valence-corrected chi connectivity index (χ1v) is 45.2. The fraction of sp³-hybridized carbons (Fsp3) is 0. The summed E-state index contributed by atoms with van der Waals surface area (Å²) in [6, 6.07) is 162. The van der Waals surface area contributed by atoms with Gasteiger partial charge < -0.3 is 28.0 Å². The number of anilines is 9. The van der Waals surface area contributed by atoms with E-state index in [1.807, 2.05) is 70.4 Å². The maximum Gasteiger partial charge on any atom is 0.137 e. The van der Waals surface area contributed by atoms with Gasteiger partial charge in [0.15, 0.2) is 0 Å². The zero-order chi connectivity index (χ0) is 83.8. The molecule has 0 aliphatic carbocycles. The van der Waals surface area contributed by atoms with Crippen molar-refractivity contribution in [2.75, 3.05) is 14.7 Å². The summed E-state index contributed by atoms with van der Waals surface area (Å²) in [5, 5.41) is 17.2. The van der Waals surface area contributed by atoms with Crippen LogP contribution in [-0.2, 0) is 0 Å². The number of para-hydroxylation sites is 4. The van der Waals surface area contributed by atoms with Gasteiger partial charge in [-0.2, -0.15) is 0 Å². The van der Waals surface area contributed by atoms with Crippen molar-refractivity contribution < 1.29 is 13.3 Å². The van der Waals surface area contributed by atoms with E-state index in [1.54, 1.807) is 0 Å². The number of benzene rings is 20. The molecule has 0 saturated heterocycles. The molecule has 0 amide bonds. The van der Waals surface area contributed by atoms with Crippen molar-refractivity contribution in [3.8, 4) is 44.5 Å². The summed E-state index contributed by atoms with van der Waals surface area (Å²) in [6.07, 6.45) is 0. The number of nitrogens with zero attached hydrogens (tertiary/aromatic N) is 3. The molecular weight excluding hydrogens is 1600 g/mol. The summed E-state index contributed by atoms with van der Waals surface area (Å²) in [5.41, 5.74) is 24.8. The van der Waals surface area contributed by atoms with Gasteiger partial charge in [0, 0.05) is 162 Å². The Balaban J connectivity index is 0.000000107. The van der Waals surface area contributed by atoms with Crippen LogP contribution in [-0.4, -0.2) is 0 Å². The summed E-state index contributed by atoms with van der Waals surface area (Å²) >= 11 is 5.56. The SMILES string of the molecule is c1ccc(-c2ccc(N(c3ccc(-c4ccc5sc6ccccc6c5c4)cc3)c3ccc4c(c3)oc3ccccc34)cc2)cc1.c1ccc(N(c2ccc(-c3ccc4sc5ccccc5c4c3)cc2)c2ccc3c(c2)oc2ccccc23)cc1.c1ccc2cc(N(c3ccc(-c4ccc5sc6ccccc6c5c4)cc3)c3ccc4c(c3)oc3ccccc34)ccc2c1. The highest BCUT2D eigenvalue weighted by molar-refractivity contribution is 7.26. The maximum atomic E-state index is 6.30. The van der Waals surface area contributed by atoms with E-state index >= 15 is 0 Å². The van der Waals surface area contributed by atoms with E-state index in [-0.39, 0.29) is 0 Å². The Hall–Kier alpha value is -15.9. The minimum Gasteiger partial charge on any atom is -0.456 e. The number of hydrogen-bond acceptors (Lipinski definition) is 9. The molecular formula is C118H75N3O3S3. The molecule has 0 aliphatic heterocycles. The van der Waals surface area contributed by atoms with E-state index < -0.39 is 0 Å². The fourth-order valence-corrected chi connectivity index (χ4v) is 21.6. The second kappa shape index (κ2) is 31.8. The van der Waals surface area contributed by atoms with Crippen LogP contribution in [0.25, 0.3) is 182 Å². The van der Waals surface area contributed by atoms with Gasteiger partial charge >= 0.3 is 0 Å². The first kappa shape index (κ1) is 74.9. The molecule has 0 aliphatic rings. The third-order valence-corrected chi connectivity index (χ3v) is 28.1. The van der Waals surface area contributed by atoms with Crippen molar-refractivity contribution in [1.29, 1.82) is 0 Å². The molecule has 127 heavy (non-hydrogen) atoms. The number of furan rings is 3. The first-order valence-electron chi connectivity index (χ1n) is 42.8. The van der Waals surface area contributed by atoms with Crippen molar-refractivity contribution in [2.45, 2.75) is 0 Å². The lowest BCUT2D eigenvalue weighted by molar-refractivity contribution is 0.668. The highest BCUT2D eigenvalue weighted by atomic mass is 32.1. The van der Waals surface area contributed by atoms with Crippen LogP contribution < -0.4 is 14.7 Å². The minimum atomic E-state index is 0.882. The van der Waals surface area contributed by atoms with Crippen molar-refractivity contribution in [3.05, 3.63) is 455 Å². The van der Waals surface area contributed by atoms with Gasteiger partial charge in [-0.1, -0.05) is 255 Å². The van der Waals surface area contributed by atoms with Crippen molar-refractivity contribution in [2.24, 2.45) is 0 Å². The second-order valence-corrected chi connectivity index (χ2v) is 35.4. The van der Waals surface area contributed by atoms with Crippen LogP contribution in [0.1, 0.15) is 0 Å². The first-order chi connectivity index (χ1) is 62.9. The molecule has 0 bridgehead atoms. The molecule has 0 atom stereocenters. The van der Waals surface area contributed by atoms with Crippen LogP contribution >= 0.6 is 34.0 Å². The van der Waals surface area contributed by atoms with Crippen molar-refractivity contribution >= 4 is 222 Å². The van der Waals surface area contributed by atoms with Gasteiger partial charge in [0.2, 0.25) is 0 Å². The molecule has 6 aromatic heterocycles. The van der Waals surface area contributed by atoms with Crippen molar-refractivity contribution in [3.63, 3.8) is 0 Å². The van der Waals surface area contributed by atoms with Crippen LogP contribution in [0, 0.1) is 0 Å². The molecule has 598 valence electrons. The Morgan fingerprint density at radius 1 is 0.134 bits per heavy atom. The van der Waals surface area contributed by atoms with Crippen LogP contribution in [0.4, 0.5) is 51.2 Å². The van der Waals surface area contributed by atoms with Crippen LogP contribution in [0.3, 0.4) is 0 Å². The van der Waals surface area contributed by atoms with Crippen LogP contribution in [0.5, 0.6) is 0 Å². The Bertz CT molecular complexity index is 8660. The van der Waals surface area contributed by atoms with Gasteiger partial charge in [-0.3, -0.25) is 0 Å². The maximum absolute atomic E-state index is 6.30. The molecule has 0 spiro atoms. The Morgan fingerprint density at radius 3 is 0.756 bits per heavy atom. The molecule has 20 aromatic carbocycles. The topological polar surface area (TPSA) is 49.1 Å². The number of hydrogen-bond donors (Lipinski definition) is 0. The highest BCUT2D eigenvalue weighted by Crippen LogP contribution is 2.47. The zero-order valence-corrected chi connectivity index (χ0v) is 71.0. The quantitative estimate of drug-likeness (QED) is 0.115. The smallest absolute Gasteiger partial charge is 0.137 e. The lowest BCUT2D eigenvalue weighted by atomic mass is 10.0. The van der Waals surface area contributed by atoms with E-state index in [4.69, 9.17) is 13.3 Å². The molecule has 0 unspecified atom stereocenters. The fourth-order valence-electron chi connectivity index (χ4n) is 18.4. The summed E-state index contributed by atoms with van der Waals surface area (Å²) in [5.74, 6) is 0. The predicted octanol–water partition coefficient (Wildman–Crippen LogP) is 36.1. The molecule has 0 N–H and O–H groups in total. The second-order valence-electron chi connectivity index (χ2n) is 32.2. The third-order valence-electron chi connectivity index (χ3n) is 24.6. The molecule has 0 fully saturated rings. The summed E-state index contributed by atoms with van der Waals surface area (Å²) in [4.78, 5) is 6.91. The Morgan fingerprint density at radius 2 is 0.378 bits per heavy atom. The average Bonchev–Trinajstić information content (AvgIpc) is 1.73. The Labute approximate surface area is 744 Å². The van der Waals surface area contributed by atoms with Gasteiger partial charge in [0.05, 0.1) is 0 Å². The molecule has 26 aromatic rings. The van der Waals surface area contributed by atoms with E-state index in [0.717, 1.165) is 117 Å². The third kappa shape index (κ3) is 13.9. The van der Waals surface area contributed by atoms with Gasteiger partial charge in [-0.15, -0.1) is 34.0 Å². The average molecular weight is 1680 g/mol. The highest BCUT2D eigenvalue weighted by Gasteiger charge is 2.22. The summed E-state index contributed by atoms with van der Waals surface area (Å²) in [7, 11) is 0. The minimum absolute atomic E-state index is 0.882. The normalized spacial score (nSPS) is 11.6. The molecule has 6 nitrogen and oxygen atoms in total. The van der Waals surface area contributed by atoms with E-state index in [2.05, 4.69) is 433 Å². The molecule has 9 heteroatoms. The lowest BCUT2D eigenvalue weighted by Gasteiger charge is -2.26. The number of thiophene rings is 3. The lowest BCUT2D eigenvalue weighted by Crippen LogP contribution is -2.09. The van der Waals surface area contributed by atoms with Gasteiger partial charge in [0.25, 0.3) is 0 Å². The number of fused-ring (bicyclic) bond motifs is 19. The van der Waals surface area contributed by atoms with E-state index in [9.17, 15) is 0 Å². The van der Waals surface area contributed by atoms with Gasteiger partial charge in [0.1, 0.15) is 33.5 Å². The summed E-state index contributed by atoms with van der Waals surface area (Å²) in [6.45, 7) is 0. The Kier molecular flexibility index (Phi) is 18.7. The monoisotopic (exact) mass is 1680 g/mol. The molecule has 0 saturated carbocycles. The molecule has 26 rings (SSSR count). The zero-order valence-electron chi connectivity index (χ0n) is 68.6. The predicted molar refractivity (Wildman–Crippen MR) is 543 cm³/mol. The van der Waals surface area contributed by atoms with Crippen LogP contribution in [0.15, 0.2) is 468 Å². The van der Waals surface area contributed by atoms with Crippen LogP contribution in [0.2, 0.25) is 0 Å². The number of rotatable bonds is 13. The van der Waals surface area contributed by atoms with Gasteiger partial charge in [-0.05, 0) is 237 Å². The van der Waals surface area contributed by atoms with E-state index in [0.29, 0.717) is 0 Å². The largest absolute Gasteiger partial charge is 0.456 e. The summed E-state index contributed by atoms with van der Waals surface area (Å²) < 4.78 is 26.8. The molecule has 0 radical (unpaired) electrons. The molecule has 6 heterocycles. The standard InChI is InChI=1S/C42H27NOS.C40H25NOS.C36H23NOS/c1-2-8-28(9-3-1)29-14-19-32(20-15-29)43(34-23-24-36-35-10-4-6-12-39(35)44-40(36)27-34)33-21-16-30(17-22-33)31-18-25-42-38(26-31)37-11-5-7-13-41(37)45-42;1-2-8-28-23-31(19-15-26(28)7-1)41(32-20-21-34-33-9-3-5-11-37(33)42-38(34)25-32)30-17-13-27(14-18-30)29-16-22-40-36(24-29)35-10-4-6-12-39(35)43-40;1-2-8-26(9-3-1)37(28-19-20-30-29-10-4-6-12-33(29)38-34(30)23-28)27-17-14-24(15-18-27)25-16-21-36-32(22-25)31-11-5-7-13-35(31)39-36/h1-27H;1-25H;1-23H.